The molecule has 3 aromatic rings. The van der Waals surface area contributed by atoms with Crippen LogP contribution in [0, 0.1) is 5.92 Å². The molecule has 53 nitrogen and oxygen atoms in total. The molecule has 3 rings (SSSR count). The maximum absolute atomic E-state index is 14.7. The van der Waals surface area contributed by atoms with Gasteiger partial charge in [-0.1, -0.05) is 56.7 Å². The van der Waals surface area contributed by atoms with E-state index in [1.165, 1.54) is 79.7 Å². The Morgan fingerprint density at radius 2 is 0.650 bits per heavy atom. The molecule has 55 heteroatoms. The zero-order valence-corrected chi connectivity index (χ0v) is 76.9. The molecule has 0 fully saturated rings. The van der Waals surface area contributed by atoms with Gasteiger partial charge in [0.05, 0.1) is 64.4 Å². The van der Waals surface area contributed by atoms with Gasteiger partial charge in [-0.25, -0.2) is 0 Å². The van der Waals surface area contributed by atoms with Gasteiger partial charge in [0, 0.05) is 37.2 Å². The van der Waals surface area contributed by atoms with Gasteiger partial charge < -0.3 is 158 Å². The summed E-state index contributed by atoms with van der Waals surface area (Å²) in [6.07, 6.45) is -5.62. The van der Waals surface area contributed by atoms with Gasteiger partial charge in [-0.2, -0.15) is 25.3 Å². The summed E-state index contributed by atoms with van der Waals surface area (Å²) >= 11 is 8.20. The van der Waals surface area contributed by atoms with Gasteiger partial charge in [-0.05, 0) is 100 Å². The molecule has 0 aliphatic heterocycles. The van der Waals surface area contributed by atoms with Crippen LogP contribution in [0.15, 0.2) is 72.8 Å². The Morgan fingerprint density at radius 1 is 0.328 bits per heavy atom. The molecule has 0 bridgehead atoms. The second-order valence-electron chi connectivity index (χ2n) is 31.2. The zero-order chi connectivity index (χ0) is 103. The number of carbonyl (C=O) groups is 23. The summed E-state index contributed by atoms with van der Waals surface area (Å²) in [5, 5.41) is 132. The Morgan fingerprint density at radius 3 is 1.08 bits per heavy atom. The monoisotopic (exact) mass is 1970 g/mol. The number of primary amides is 1. The van der Waals surface area contributed by atoms with Gasteiger partial charge in [0.15, 0.2) is 0 Å². The van der Waals surface area contributed by atoms with Gasteiger partial charge in [0.2, 0.25) is 118 Å². The van der Waals surface area contributed by atoms with E-state index in [4.69, 9.17) is 21.7 Å². The minimum atomic E-state index is -2.03. The average molecular weight is 1970 g/mol. The van der Waals surface area contributed by atoms with Crippen LogP contribution in [-0.4, -0.2) is 336 Å². The molecule has 20 amide bonds. The number of thiol groups is 2. The number of aromatic hydroxyl groups is 3. The van der Waals surface area contributed by atoms with Crippen molar-refractivity contribution < 1.29 is 156 Å². The molecule has 32 N–H and O–H groups in total. The number of rotatable bonds is 59. The highest BCUT2D eigenvalue weighted by Gasteiger charge is 2.39. The predicted octanol–water partition coefficient (Wildman–Crippen LogP) is -12.5. The highest BCUT2D eigenvalue weighted by molar-refractivity contribution is 7.80. The minimum absolute atomic E-state index is 0.201. The summed E-state index contributed by atoms with van der Waals surface area (Å²) < 4.78 is 0. The Bertz CT molecular complexity index is 4790. The lowest BCUT2D eigenvalue weighted by atomic mass is 9.97. The van der Waals surface area contributed by atoms with Crippen LogP contribution in [0.3, 0.4) is 0 Å². The van der Waals surface area contributed by atoms with Gasteiger partial charge in [-0.3, -0.25) is 110 Å². The normalized spacial score (nSPS) is 14.8. The lowest BCUT2D eigenvalue weighted by molar-refractivity contribution is -0.142. The zero-order valence-electron chi connectivity index (χ0n) is 75.1. The molecule has 0 saturated carbocycles. The van der Waals surface area contributed by atoms with Crippen molar-refractivity contribution >= 4 is 161 Å². The van der Waals surface area contributed by atoms with Crippen molar-refractivity contribution in [1.29, 1.82) is 0 Å². The van der Waals surface area contributed by atoms with Crippen LogP contribution < -0.4 is 112 Å². The van der Waals surface area contributed by atoms with E-state index in [1.807, 2.05) is 5.32 Å². The molecule has 3 aromatic carbocycles. The molecule has 0 aliphatic carbocycles. The summed E-state index contributed by atoms with van der Waals surface area (Å²) in [6.45, 7) is 2.96. The second-order valence-corrected chi connectivity index (χ2v) is 31.9. The highest BCUT2D eigenvalue weighted by Crippen LogP contribution is 2.18. The first-order valence-electron chi connectivity index (χ1n) is 42.1. The molecule has 18 atom stereocenters. The van der Waals surface area contributed by atoms with E-state index in [2.05, 4.69) is 121 Å². The van der Waals surface area contributed by atoms with E-state index >= 15 is 0 Å². The van der Waals surface area contributed by atoms with Crippen molar-refractivity contribution in [3.8, 4) is 17.2 Å². The number of phenols is 3. The van der Waals surface area contributed by atoms with Crippen LogP contribution in [0.25, 0.3) is 0 Å². The number of aliphatic hydroxyl groups is 3. The van der Waals surface area contributed by atoms with E-state index in [1.54, 1.807) is 13.8 Å². The van der Waals surface area contributed by atoms with Crippen molar-refractivity contribution in [3.63, 3.8) is 0 Å². The number of hydrogen-bond acceptors (Lipinski definition) is 32. The smallest absolute Gasteiger partial charge is 0.325 e. The van der Waals surface area contributed by atoms with Crippen molar-refractivity contribution in [1.82, 2.24) is 101 Å². The molecule has 0 heterocycles. The number of nitrogens with two attached hydrogens (primary N) is 2. The second kappa shape index (κ2) is 58.5. The van der Waals surface area contributed by atoms with Crippen molar-refractivity contribution in [2.75, 3.05) is 50.9 Å². The Kier molecular flexibility index (Phi) is 49.8. The molecule has 137 heavy (non-hydrogen) atoms. The van der Waals surface area contributed by atoms with Crippen molar-refractivity contribution in [3.05, 3.63) is 89.5 Å². The lowest BCUT2D eigenvalue weighted by Crippen LogP contribution is -2.62. The number of aliphatic hydroxyl groups excluding tert-OH is 3. The van der Waals surface area contributed by atoms with Crippen molar-refractivity contribution in [2.45, 2.75) is 203 Å². The number of carbonyl (C=O) groups excluding carboxylic acids is 20. The summed E-state index contributed by atoms with van der Waals surface area (Å²) in [4.78, 5) is 302. The van der Waals surface area contributed by atoms with Crippen molar-refractivity contribution in [2.24, 2.45) is 17.4 Å². The predicted molar refractivity (Wildman–Crippen MR) is 481 cm³/mol. The van der Waals surface area contributed by atoms with Gasteiger partial charge in [-0.15, -0.1) is 0 Å². The Labute approximate surface area is 792 Å². The van der Waals surface area contributed by atoms with Crippen LogP contribution in [-0.2, 0) is 130 Å². The topological polar surface area (TPSA) is 855 Å². The number of phenolic OH excluding ortho intramolecular Hbond substituents is 3. The molecular weight excluding hydrogens is 1860 g/mol. The third-order valence-electron chi connectivity index (χ3n) is 20.0. The molecule has 0 spiro atoms. The van der Waals surface area contributed by atoms with E-state index in [9.17, 15) is 146 Å². The highest BCUT2D eigenvalue weighted by atomic mass is 32.1. The van der Waals surface area contributed by atoms with Crippen LogP contribution in [0.1, 0.15) is 97.3 Å². The number of amides is 20. The summed E-state index contributed by atoms with van der Waals surface area (Å²) in [5.41, 5.74) is 11.9. The third kappa shape index (κ3) is 42.3. The number of hydrogen-bond donors (Lipinski definition) is 32. The van der Waals surface area contributed by atoms with E-state index in [-0.39, 0.29) is 47.6 Å². The fraction of sp³-hybridized carbons (Fsp3) is 0.500. The van der Waals surface area contributed by atoms with Gasteiger partial charge in [0.25, 0.3) is 0 Å². The summed E-state index contributed by atoms with van der Waals surface area (Å²) in [6, 6.07) is -11.3. The fourth-order valence-corrected chi connectivity index (χ4v) is 12.4. The maximum atomic E-state index is 14.7. The molecule has 0 saturated heterocycles. The molecule has 754 valence electrons. The van der Waals surface area contributed by atoms with Crippen LogP contribution >= 0.6 is 25.3 Å². The number of carboxylic acids is 3. The van der Waals surface area contributed by atoms with E-state index in [0.717, 1.165) is 27.7 Å². The number of nitrogens with one attached hydrogen (secondary N) is 19. The molecule has 0 radical (unpaired) electrons. The third-order valence-corrected chi connectivity index (χ3v) is 20.7. The first-order chi connectivity index (χ1) is 64.3. The first-order valence-corrected chi connectivity index (χ1v) is 43.4. The van der Waals surface area contributed by atoms with Gasteiger partial charge >= 0.3 is 17.9 Å². The largest absolute Gasteiger partial charge is 0.508 e. The molecule has 0 unspecified atom stereocenters. The van der Waals surface area contributed by atoms with E-state index in [0.29, 0.717) is 5.56 Å². The van der Waals surface area contributed by atoms with E-state index < -0.39 is 328 Å². The summed E-state index contributed by atoms with van der Waals surface area (Å²) in [7, 11) is 0. The number of aliphatic carboxylic acids is 3. The average Bonchev–Trinajstić information content (AvgIpc) is 0.859. The van der Waals surface area contributed by atoms with Crippen LogP contribution in [0.5, 0.6) is 17.2 Å². The lowest BCUT2D eigenvalue weighted by Gasteiger charge is -2.28. The maximum Gasteiger partial charge on any atom is 0.325 e. The number of benzene rings is 3. The fourth-order valence-electron chi connectivity index (χ4n) is 11.9. The Balaban J connectivity index is 1.73. The Hall–Kier alpha value is -14.6. The molecule has 0 aliphatic rings. The van der Waals surface area contributed by atoms with Gasteiger partial charge in [0.1, 0.15) is 108 Å². The minimum Gasteiger partial charge on any atom is -0.508 e. The first kappa shape index (κ1) is 117. The molecular formula is C82H117N21O32S2. The quantitative estimate of drug-likeness (QED) is 0.0233. The van der Waals surface area contributed by atoms with Crippen LogP contribution in [0.2, 0.25) is 0 Å². The van der Waals surface area contributed by atoms with Crippen LogP contribution in [0.4, 0.5) is 0 Å². The molecule has 0 aromatic heterocycles. The number of carboxylic acid groups (broad SMARTS) is 3. The summed E-state index contributed by atoms with van der Waals surface area (Å²) in [5.74, 6) is -28.9. The standard InChI is InChI=1S/C82H117N21O32S2/c1-8-36(2)65(80(132)88-30-60(112)89-40(6)82(134)135)102-76(128)52(26-58(84)110)94-62(114)31-87-71(123)54(32-104)98-73(125)49(23-42-9-15-45(107)16-10-42)93-61(113)29-85-59(111)28-86-67(119)37(3)91-78(130)56(34-136)101-75(127)50(24-43-11-17-46(108)18-12-43)95-74(126)51(25-44-13-19-47(109)20-14-44)97-81(133)66(41(7)106)103-69(121)39(5)90-68(120)38(4)92-72(124)53(27-64(117)118)96-77(129)55(33-105)99-79(131)57(35-137)100-70(122)48(83)21-22-63(115)116/h9-20,36-41,48-57,65-66,104-109,136-137H,8,21-35,83H2,1-7H3,(H2,84,110)(H,85,111)(H,86,119)(H,87,123)(H,88,132)(H,89,112)(H,90,120)(H,91,130)(H,92,124)(H,93,113)(H,94,114)(H,95,126)(H,96,129)(H,97,133)(H,98,125)(H,99,131)(H,100,122)(H,101,127)(H,102,128)(H,103,121)(H,115,116)(H,117,118)(H,134,135)/t36-,37-,38-,39-,40-,41+,48-,49-,50-,51-,52-,53-,54-,55-,56-,57-,65-,66-/m0/s1. The SMILES string of the molecule is CC[C@H](C)[C@H](NC(=O)[C@H](CC(N)=O)NC(=O)CNC(=O)[C@H](CO)NC(=O)[C@H](Cc1ccc(O)cc1)NC(=O)CNC(=O)CNC(=O)[C@H](C)NC(=O)[C@H](CS)NC(=O)[C@H](Cc1ccc(O)cc1)NC(=O)[C@H](Cc1ccc(O)cc1)NC(=O)[C@@H](NC(=O)[C@H](C)NC(=O)[C@H](C)NC(=O)[C@H](CC(=O)O)NC(=O)[C@H](CO)NC(=O)[C@H](CS)NC(=O)[C@@H](N)CCC(=O)O)[C@@H](C)O)C(=O)NCC(=O)N[C@@H](C)C(=O)O.